The number of carbonyl (C=O) groups excluding carboxylic acids is 2. The van der Waals surface area contributed by atoms with E-state index in [-0.39, 0.29) is 65.7 Å². The summed E-state index contributed by atoms with van der Waals surface area (Å²) >= 11 is 0. The molecule has 4 aromatic rings. The first-order valence-electron chi connectivity index (χ1n) is 18.1. The van der Waals surface area contributed by atoms with Gasteiger partial charge in [0.2, 0.25) is 21.9 Å². The van der Waals surface area contributed by atoms with Crippen LogP contribution in [0, 0.1) is 23.2 Å². The molecule has 0 unspecified atom stereocenters. The van der Waals surface area contributed by atoms with Crippen molar-refractivity contribution in [2.24, 2.45) is 11.8 Å². The van der Waals surface area contributed by atoms with Crippen LogP contribution in [0.4, 0.5) is 30.6 Å². The summed E-state index contributed by atoms with van der Waals surface area (Å²) in [5, 5.41) is 14.3. The molecule has 58 heavy (non-hydrogen) atoms. The smallest absolute Gasteiger partial charge is 0.411 e. The molecule has 3 saturated carbocycles. The normalized spacial score (nSPS) is 15.2. The lowest BCUT2D eigenvalue weighted by molar-refractivity contribution is -0.145. The van der Waals surface area contributed by atoms with Crippen LogP contribution in [0.15, 0.2) is 121 Å². The zero-order chi connectivity index (χ0) is 39.0. The van der Waals surface area contributed by atoms with Crippen LogP contribution in [0.25, 0.3) is 0 Å². The third kappa shape index (κ3) is 18.3. The zero-order valence-corrected chi connectivity index (χ0v) is 31.4. The number of ether oxygens (including phenoxy) is 1. The SMILES string of the molecule is C.C.C.C.CC(C)OC(=O)Nc1ccccc1.N#CC1(c2ccccc2)CCC1.O=C(Nc1ccccc1)C1CC(F)(F)C1.O=S(=O)(CC1CC1)Nc1ccccc1. The standard InChI is InChI=1S/C11H11F2NO.C11H11N.C10H13NO2S.C10H13NO2.4CH4/c12-11(13)6-8(7-11)10(15)14-9-4-2-1-3-5-9;12-9-11(7-4-8-11)10-5-2-1-3-6-10;12-14(13,8-9-6-7-9)11-10-4-2-1-3-5-10;1-8(2)13-10(12)11-9-6-4-3-5-7-9;;;;/h1-5,8H,6-7H2,(H,14,15);1-3,5-6H,4,7-8H2;1-5,9,11H,6-8H2;3-8H,1-2H3,(H,11,12);4*1H4. The van der Waals surface area contributed by atoms with E-state index in [9.17, 15) is 26.8 Å². The Morgan fingerprint density at radius 2 is 1.17 bits per heavy atom. The number of amides is 2. The molecule has 9 nitrogen and oxygen atoms in total. The Balaban J connectivity index is 0.000000732. The van der Waals surface area contributed by atoms with Crippen LogP contribution in [0.3, 0.4) is 0 Å². The number of carbonyl (C=O) groups is 2. The number of anilines is 3. The van der Waals surface area contributed by atoms with E-state index >= 15 is 0 Å². The van der Waals surface area contributed by atoms with Crippen molar-refractivity contribution in [3.8, 4) is 6.07 Å². The molecule has 3 fully saturated rings. The fourth-order valence-electron chi connectivity index (χ4n) is 5.57. The monoisotopic (exact) mass is 822 g/mol. The molecule has 0 aromatic heterocycles. The lowest BCUT2D eigenvalue weighted by Crippen LogP contribution is -2.42. The molecule has 0 bridgehead atoms. The Kier molecular flexibility index (Phi) is 22.9. The minimum atomic E-state index is -3.12. The van der Waals surface area contributed by atoms with Gasteiger partial charge in [0.05, 0.1) is 23.3 Å². The van der Waals surface area contributed by atoms with Crippen molar-refractivity contribution in [1.29, 1.82) is 5.26 Å². The minimum Gasteiger partial charge on any atom is -0.447 e. The molecule has 7 rings (SSSR count). The highest BCUT2D eigenvalue weighted by atomic mass is 32.2. The summed E-state index contributed by atoms with van der Waals surface area (Å²) < 4.78 is 55.6. The second-order valence-electron chi connectivity index (χ2n) is 13.9. The van der Waals surface area contributed by atoms with Gasteiger partial charge < -0.3 is 10.1 Å². The van der Waals surface area contributed by atoms with Gasteiger partial charge in [-0.2, -0.15) is 5.26 Å². The number of nitrogens with one attached hydrogen (secondary N) is 3. The number of rotatable bonds is 9. The molecule has 0 atom stereocenters. The molecule has 3 aliphatic rings. The number of para-hydroxylation sites is 3. The van der Waals surface area contributed by atoms with E-state index in [1.165, 1.54) is 12.0 Å². The maximum Gasteiger partial charge on any atom is 0.411 e. The van der Waals surface area contributed by atoms with Crippen molar-refractivity contribution in [2.75, 3.05) is 21.1 Å². The number of hydrogen-bond acceptors (Lipinski definition) is 6. The molecule has 12 heteroatoms. The van der Waals surface area contributed by atoms with Crippen LogP contribution < -0.4 is 15.4 Å². The Bertz CT molecular complexity index is 1900. The average Bonchev–Trinajstić information content (AvgIpc) is 3.92. The van der Waals surface area contributed by atoms with Gasteiger partial charge in [0.15, 0.2) is 0 Å². The Hall–Kier alpha value is -5.28. The van der Waals surface area contributed by atoms with Gasteiger partial charge >= 0.3 is 6.09 Å². The van der Waals surface area contributed by atoms with E-state index in [0.717, 1.165) is 31.4 Å². The highest BCUT2D eigenvalue weighted by Crippen LogP contribution is 2.43. The van der Waals surface area contributed by atoms with Crippen LogP contribution in [0.1, 0.15) is 94.1 Å². The number of nitrogens with zero attached hydrogens (tertiary/aromatic N) is 1. The minimum absolute atomic E-state index is 0. The topological polar surface area (TPSA) is 137 Å². The summed E-state index contributed by atoms with van der Waals surface area (Å²) in [6, 6.07) is 39.6. The van der Waals surface area contributed by atoms with Crippen LogP contribution in [0.5, 0.6) is 0 Å². The second kappa shape index (κ2) is 25.2. The van der Waals surface area contributed by atoms with Crippen molar-refractivity contribution in [3.63, 3.8) is 0 Å². The first kappa shape index (κ1) is 52.7. The summed E-state index contributed by atoms with van der Waals surface area (Å²) in [6.07, 6.45) is 4.21. The van der Waals surface area contributed by atoms with E-state index in [0.29, 0.717) is 17.3 Å². The van der Waals surface area contributed by atoms with Crippen LogP contribution in [-0.2, 0) is 25.0 Å². The Labute approximate surface area is 346 Å². The molecular weight excluding hydrogens is 759 g/mol. The van der Waals surface area contributed by atoms with Gasteiger partial charge in [-0.15, -0.1) is 0 Å². The van der Waals surface area contributed by atoms with Gasteiger partial charge in [0, 0.05) is 35.8 Å². The first-order chi connectivity index (χ1) is 25.8. The van der Waals surface area contributed by atoms with Gasteiger partial charge in [-0.05, 0) is 93.8 Å². The molecule has 2 amide bonds. The zero-order valence-electron chi connectivity index (χ0n) is 30.6. The number of halogens is 2. The van der Waals surface area contributed by atoms with Crippen LogP contribution >= 0.6 is 0 Å². The third-order valence-corrected chi connectivity index (χ3v) is 10.3. The largest absolute Gasteiger partial charge is 0.447 e. The molecule has 0 heterocycles. The van der Waals surface area contributed by atoms with Crippen molar-refractivity contribution < 1.29 is 31.5 Å². The summed E-state index contributed by atoms with van der Waals surface area (Å²) in [5.74, 6) is -2.84. The molecule has 3 aliphatic carbocycles. The van der Waals surface area contributed by atoms with Gasteiger partial charge in [0.25, 0.3) is 0 Å². The molecule has 0 saturated heterocycles. The Morgan fingerprint density at radius 1 is 0.741 bits per heavy atom. The molecule has 0 spiro atoms. The maximum atomic E-state index is 12.5. The molecule has 4 aromatic carbocycles. The highest BCUT2D eigenvalue weighted by molar-refractivity contribution is 7.92. The van der Waals surface area contributed by atoms with Gasteiger partial charge in [-0.1, -0.05) is 115 Å². The van der Waals surface area contributed by atoms with Gasteiger partial charge in [0.1, 0.15) is 0 Å². The summed E-state index contributed by atoms with van der Waals surface area (Å²) in [7, 11) is -3.12. The van der Waals surface area contributed by atoms with E-state index in [4.69, 9.17) is 10.00 Å². The number of benzene rings is 4. The van der Waals surface area contributed by atoms with Gasteiger partial charge in [-0.3, -0.25) is 14.8 Å². The quantitative estimate of drug-likeness (QED) is 0.154. The highest BCUT2D eigenvalue weighted by Gasteiger charge is 2.48. The second-order valence-corrected chi connectivity index (χ2v) is 15.6. The predicted molar refractivity (Wildman–Crippen MR) is 236 cm³/mol. The van der Waals surface area contributed by atoms with Crippen molar-refractivity contribution in [3.05, 3.63) is 127 Å². The molecule has 0 radical (unpaired) electrons. The molecule has 3 N–H and O–H groups in total. The van der Waals surface area contributed by atoms with Gasteiger partial charge in [-0.25, -0.2) is 22.0 Å². The first-order valence-corrected chi connectivity index (χ1v) is 19.7. The third-order valence-electron chi connectivity index (χ3n) is 8.81. The lowest BCUT2D eigenvalue weighted by atomic mass is 9.66. The fraction of sp³-hybridized carbons (Fsp3) is 0.413. The number of sulfonamides is 1. The molecule has 318 valence electrons. The fourth-order valence-corrected chi connectivity index (χ4v) is 7.10. The number of hydrogen-bond donors (Lipinski definition) is 3. The molecular formula is C46H64F2N4O5S. The summed E-state index contributed by atoms with van der Waals surface area (Å²) in [6.45, 7) is 3.62. The Morgan fingerprint density at radius 3 is 1.55 bits per heavy atom. The van der Waals surface area contributed by atoms with Crippen molar-refractivity contribution in [1.82, 2.24) is 0 Å². The number of nitriles is 1. The van der Waals surface area contributed by atoms with E-state index in [1.54, 1.807) is 36.4 Å². The van der Waals surface area contributed by atoms with Crippen molar-refractivity contribution in [2.45, 2.75) is 106 Å². The van der Waals surface area contributed by atoms with Crippen LogP contribution in [-0.4, -0.2) is 38.2 Å². The van der Waals surface area contributed by atoms with E-state index < -0.39 is 28.0 Å². The van der Waals surface area contributed by atoms with Crippen LogP contribution in [0.2, 0.25) is 0 Å². The van der Waals surface area contributed by atoms with E-state index in [2.05, 4.69) is 33.6 Å². The number of alkyl halides is 2. The predicted octanol–water partition coefficient (Wildman–Crippen LogP) is 12.3. The molecule has 0 aliphatic heterocycles. The van der Waals surface area contributed by atoms with E-state index in [1.807, 2.05) is 86.6 Å². The summed E-state index contributed by atoms with van der Waals surface area (Å²) in [4.78, 5) is 22.5. The average molecular weight is 823 g/mol. The van der Waals surface area contributed by atoms with Crippen molar-refractivity contribution >= 4 is 39.1 Å². The summed E-state index contributed by atoms with van der Waals surface area (Å²) in [5.41, 5.74) is 3.10. The lowest BCUT2D eigenvalue weighted by Gasteiger charge is -2.35. The maximum absolute atomic E-state index is 12.5.